The maximum atomic E-state index is 11.5. The maximum Gasteiger partial charge on any atom is 0.224 e. The summed E-state index contributed by atoms with van der Waals surface area (Å²) in [6.45, 7) is 3.57. The van der Waals surface area contributed by atoms with Gasteiger partial charge in [-0.15, -0.1) is 0 Å². The largest absolute Gasteiger partial charge is 0.364 e. The number of likely N-dealkylation sites (N-methyl/N-ethyl adjacent to an activating group) is 1. The molecule has 1 fully saturated rings. The van der Waals surface area contributed by atoms with Gasteiger partial charge < -0.3 is 15.5 Å². The molecule has 110 valence electrons. The molecule has 1 atom stereocenters. The van der Waals surface area contributed by atoms with E-state index in [9.17, 15) is 4.79 Å². The Morgan fingerprint density at radius 2 is 2.35 bits per heavy atom. The highest BCUT2D eigenvalue weighted by Crippen LogP contribution is 2.22. The van der Waals surface area contributed by atoms with Crippen LogP contribution in [-0.4, -0.2) is 47.0 Å². The van der Waals surface area contributed by atoms with Gasteiger partial charge in [-0.1, -0.05) is 18.5 Å². The molecule has 0 saturated carbocycles. The van der Waals surface area contributed by atoms with Gasteiger partial charge in [-0.05, 0) is 12.8 Å². The summed E-state index contributed by atoms with van der Waals surface area (Å²) in [5, 5.41) is 6.92. The number of nitrogens with one attached hydrogen (secondary N) is 2. The third-order valence-corrected chi connectivity index (χ3v) is 3.52. The topological polar surface area (TPSA) is 70.2 Å². The summed E-state index contributed by atoms with van der Waals surface area (Å²) in [6, 6.07) is 0.170. The van der Waals surface area contributed by atoms with E-state index in [1.807, 2.05) is 7.05 Å². The van der Waals surface area contributed by atoms with Crippen LogP contribution in [0.3, 0.4) is 0 Å². The Hall–Kier alpha value is -1.56. The van der Waals surface area contributed by atoms with Gasteiger partial charge in [0.1, 0.15) is 5.02 Å². The number of hydrogen-bond acceptors (Lipinski definition) is 5. The Morgan fingerprint density at radius 3 is 3.05 bits per heavy atom. The van der Waals surface area contributed by atoms with Crippen molar-refractivity contribution in [2.45, 2.75) is 32.2 Å². The third kappa shape index (κ3) is 3.72. The van der Waals surface area contributed by atoms with Crippen LogP contribution in [-0.2, 0) is 4.79 Å². The molecule has 2 N–H and O–H groups in total. The van der Waals surface area contributed by atoms with Crippen molar-refractivity contribution in [3.63, 3.8) is 0 Å². The van der Waals surface area contributed by atoms with Crippen LogP contribution in [0.5, 0.6) is 0 Å². The van der Waals surface area contributed by atoms with Crippen molar-refractivity contribution < 1.29 is 4.79 Å². The third-order valence-electron chi connectivity index (χ3n) is 3.24. The molecule has 1 unspecified atom stereocenters. The number of rotatable bonds is 5. The van der Waals surface area contributed by atoms with Crippen molar-refractivity contribution in [2.75, 3.05) is 30.8 Å². The highest BCUT2D eigenvalue weighted by atomic mass is 35.5. The minimum absolute atomic E-state index is 0.170. The van der Waals surface area contributed by atoms with Crippen LogP contribution in [0.4, 0.5) is 11.8 Å². The lowest BCUT2D eigenvalue weighted by atomic mass is 10.1. The van der Waals surface area contributed by atoms with Crippen LogP contribution in [0.15, 0.2) is 6.20 Å². The molecule has 0 spiro atoms. The molecule has 2 rings (SSSR count). The number of carbonyl (C=O) groups excluding carboxylic acids is 1. The van der Waals surface area contributed by atoms with Gasteiger partial charge in [0.05, 0.1) is 6.20 Å². The lowest BCUT2D eigenvalue weighted by molar-refractivity contribution is -0.132. The summed E-state index contributed by atoms with van der Waals surface area (Å²) < 4.78 is 0. The lowest BCUT2D eigenvalue weighted by Crippen LogP contribution is -2.43. The quantitative estimate of drug-likeness (QED) is 0.870. The minimum Gasteiger partial charge on any atom is -0.364 e. The average molecular weight is 298 g/mol. The summed E-state index contributed by atoms with van der Waals surface area (Å²) >= 11 is 6.12. The standard InChI is InChI=1S/C13H20ClN5O/c1-3-6-15-13-16-7-10(14)12(18-13)17-9-4-5-11(20)19(2)8-9/h7,9H,3-6,8H2,1-2H3,(H2,15,16,17,18). The first-order valence-corrected chi connectivity index (χ1v) is 7.25. The second kappa shape index (κ2) is 6.74. The number of aromatic nitrogens is 2. The number of amides is 1. The van der Waals surface area contributed by atoms with Gasteiger partial charge in [0, 0.05) is 32.6 Å². The zero-order valence-corrected chi connectivity index (χ0v) is 12.6. The van der Waals surface area contributed by atoms with Crippen molar-refractivity contribution in [2.24, 2.45) is 0 Å². The number of halogens is 1. The van der Waals surface area contributed by atoms with Crippen molar-refractivity contribution in [3.8, 4) is 0 Å². The Balaban J connectivity index is 2.02. The predicted molar refractivity (Wildman–Crippen MR) is 80.1 cm³/mol. The molecule has 20 heavy (non-hydrogen) atoms. The Bertz CT molecular complexity index is 482. The van der Waals surface area contributed by atoms with Gasteiger partial charge in [-0.3, -0.25) is 4.79 Å². The van der Waals surface area contributed by atoms with Crippen LogP contribution < -0.4 is 10.6 Å². The van der Waals surface area contributed by atoms with Crippen LogP contribution in [0, 0.1) is 0 Å². The zero-order chi connectivity index (χ0) is 14.5. The highest BCUT2D eigenvalue weighted by Gasteiger charge is 2.23. The van der Waals surface area contributed by atoms with E-state index in [2.05, 4.69) is 27.5 Å². The van der Waals surface area contributed by atoms with E-state index in [4.69, 9.17) is 11.6 Å². The van der Waals surface area contributed by atoms with Gasteiger partial charge in [0.25, 0.3) is 0 Å². The first kappa shape index (κ1) is 14.8. The van der Waals surface area contributed by atoms with E-state index in [0.29, 0.717) is 29.8 Å². The van der Waals surface area contributed by atoms with E-state index in [1.165, 1.54) is 0 Å². The van der Waals surface area contributed by atoms with Gasteiger partial charge >= 0.3 is 0 Å². The maximum absolute atomic E-state index is 11.5. The molecule has 0 bridgehead atoms. The minimum atomic E-state index is 0.170. The number of likely N-dealkylation sites (tertiary alicyclic amines) is 1. The number of hydrogen-bond donors (Lipinski definition) is 2. The molecule has 1 aliphatic heterocycles. The number of piperidine rings is 1. The molecule has 1 aromatic rings. The Kier molecular flexibility index (Phi) is 5.00. The number of nitrogens with zero attached hydrogens (tertiary/aromatic N) is 3. The fraction of sp³-hybridized carbons (Fsp3) is 0.615. The molecular weight excluding hydrogens is 278 g/mol. The molecule has 1 aromatic heterocycles. The summed E-state index contributed by atoms with van der Waals surface area (Å²) in [4.78, 5) is 21.7. The molecule has 2 heterocycles. The van der Waals surface area contributed by atoms with Gasteiger partial charge in [0.2, 0.25) is 11.9 Å². The monoisotopic (exact) mass is 297 g/mol. The molecular formula is C13H20ClN5O. The van der Waals surface area contributed by atoms with Crippen molar-refractivity contribution in [1.29, 1.82) is 0 Å². The summed E-state index contributed by atoms with van der Waals surface area (Å²) in [5.74, 6) is 1.37. The zero-order valence-electron chi connectivity index (χ0n) is 11.8. The van der Waals surface area contributed by atoms with E-state index in [1.54, 1.807) is 11.1 Å². The second-order valence-electron chi connectivity index (χ2n) is 4.97. The fourth-order valence-electron chi connectivity index (χ4n) is 2.11. The Labute approximate surface area is 123 Å². The lowest BCUT2D eigenvalue weighted by Gasteiger charge is -2.30. The molecule has 1 aliphatic rings. The van der Waals surface area contributed by atoms with Crippen molar-refractivity contribution in [1.82, 2.24) is 14.9 Å². The first-order valence-electron chi connectivity index (χ1n) is 6.87. The second-order valence-corrected chi connectivity index (χ2v) is 5.38. The van der Waals surface area contributed by atoms with E-state index >= 15 is 0 Å². The van der Waals surface area contributed by atoms with Crippen molar-refractivity contribution >= 4 is 29.3 Å². The first-order chi connectivity index (χ1) is 9.60. The van der Waals surface area contributed by atoms with Crippen LogP contribution >= 0.6 is 11.6 Å². The van der Waals surface area contributed by atoms with Crippen LogP contribution in [0.1, 0.15) is 26.2 Å². The predicted octanol–water partition coefficient (Wildman–Crippen LogP) is 1.98. The highest BCUT2D eigenvalue weighted by molar-refractivity contribution is 6.32. The van der Waals surface area contributed by atoms with Gasteiger partial charge in [-0.2, -0.15) is 4.98 Å². The molecule has 0 radical (unpaired) electrons. The molecule has 7 heteroatoms. The summed E-state index contributed by atoms with van der Waals surface area (Å²) in [7, 11) is 1.81. The molecule has 1 amide bonds. The van der Waals surface area contributed by atoms with E-state index in [0.717, 1.165) is 19.4 Å². The van der Waals surface area contributed by atoms with E-state index in [-0.39, 0.29) is 11.9 Å². The van der Waals surface area contributed by atoms with Crippen LogP contribution in [0.25, 0.3) is 0 Å². The summed E-state index contributed by atoms with van der Waals surface area (Å²) in [5.41, 5.74) is 0. The number of anilines is 2. The molecule has 6 nitrogen and oxygen atoms in total. The normalized spacial score (nSPS) is 19.1. The molecule has 1 saturated heterocycles. The van der Waals surface area contributed by atoms with Crippen LogP contribution in [0.2, 0.25) is 5.02 Å². The van der Waals surface area contributed by atoms with Crippen molar-refractivity contribution in [3.05, 3.63) is 11.2 Å². The fourth-order valence-corrected chi connectivity index (χ4v) is 2.26. The van der Waals surface area contributed by atoms with Gasteiger partial charge in [0.15, 0.2) is 5.82 Å². The summed E-state index contributed by atoms with van der Waals surface area (Å²) in [6.07, 6.45) is 3.94. The number of carbonyl (C=O) groups is 1. The molecule has 0 aliphatic carbocycles. The Morgan fingerprint density at radius 1 is 1.55 bits per heavy atom. The smallest absolute Gasteiger partial charge is 0.224 e. The average Bonchev–Trinajstić information content (AvgIpc) is 2.44. The molecule has 0 aromatic carbocycles. The van der Waals surface area contributed by atoms with Gasteiger partial charge in [-0.25, -0.2) is 4.98 Å². The van der Waals surface area contributed by atoms with E-state index < -0.39 is 0 Å². The SMILES string of the molecule is CCCNc1ncc(Cl)c(NC2CCC(=O)N(C)C2)n1.